The molecule has 3 atom stereocenters. The van der Waals surface area contributed by atoms with Gasteiger partial charge < -0.3 is 0 Å². The number of fused-ring (bicyclic) bond motifs is 2. The van der Waals surface area contributed by atoms with Crippen molar-refractivity contribution >= 4 is 15.9 Å². The highest BCUT2D eigenvalue weighted by atomic mass is 79.9. The minimum Gasteiger partial charge on any atom is -0.0853 e. The average Bonchev–Trinajstić information content (AvgIpc) is 1.82. The van der Waals surface area contributed by atoms with Crippen molar-refractivity contribution in [2.75, 3.05) is 0 Å². The third kappa shape index (κ3) is 1.63. The van der Waals surface area contributed by atoms with Gasteiger partial charge in [-0.2, -0.15) is 0 Å². The smallest absolute Gasteiger partial charge is 0.0263 e. The van der Waals surface area contributed by atoms with Gasteiger partial charge in [0.2, 0.25) is 0 Å². The maximum Gasteiger partial charge on any atom is 0.0263 e. The fourth-order valence-electron chi connectivity index (χ4n) is 3.09. The molecule has 3 unspecified atom stereocenters. The summed E-state index contributed by atoms with van der Waals surface area (Å²) in [5.41, 5.74) is 0. The quantitative estimate of drug-likeness (QED) is 0.542. The molecule has 2 aliphatic rings. The molecule has 0 spiro atoms. The Kier molecular flexibility index (Phi) is 2.03. The van der Waals surface area contributed by atoms with Gasteiger partial charge >= 0.3 is 0 Å². The predicted molar refractivity (Wildman–Crippen MR) is 52.0 cm³/mol. The Morgan fingerprint density at radius 3 is 2.91 bits per heavy atom. The van der Waals surface area contributed by atoms with E-state index in [0.29, 0.717) is 4.32 Å². The molecule has 0 aliphatic heterocycles. The van der Waals surface area contributed by atoms with Crippen LogP contribution in [0.5, 0.6) is 0 Å². The fourth-order valence-corrected chi connectivity index (χ4v) is 4.38. The Bertz CT molecular complexity index is 151. The van der Waals surface area contributed by atoms with Gasteiger partial charge in [0.15, 0.2) is 0 Å². The predicted octanol–water partition coefficient (Wildman–Crippen LogP) is 3.74. The summed E-state index contributed by atoms with van der Waals surface area (Å²) in [7, 11) is 0. The van der Waals surface area contributed by atoms with Gasteiger partial charge in [0.05, 0.1) is 0 Å². The van der Waals surface area contributed by atoms with Crippen molar-refractivity contribution in [2.24, 2.45) is 11.8 Å². The highest BCUT2D eigenvalue weighted by Gasteiger charge is 2.39. The molecule has 0 aromatic carbocycles. The Labute approximate surface area is 77.9 Å². The molecular weight excluding hydrogens is 200 g/mol. The summed E-state index contributed by atoms with van der Waals surface area (Å²) in [6.45, 7) is 2.41. The standard InChI is InChI=1S/C10H17Br/c1-8-5-9-3-2-4-10(11,6-8)7-9/h8-9H,2-7H2,1H3. The summed E-state index contributed by atoms with van der Waals surface area (Å²) in [6, 6.07) is 0. The van der Waals surface area contributed by atoms with Gasteiger partial charge in [-0.15, -0.1) is 0 Å². The summed E-state index contributed by atoms with van der Waals surface area (Å²) in [5.74, 6) is 2.01. The number of halogens is 1. The molecule has 0 aromatic rings. The first kappa shape index (κ1) is 8.10. The van der Waals surface area contributed by atoms with Crippen molar-refractivity contribution in [2.45, 2.75) is 49.8 Å². The SMILES string of the molecule is CC1CC2CCCC(Br)(C1)C2. The summed E-state index contributed by atoms with van der Waals surface area (Å²) >= 11 is 3.93. The maximum atomic E-state index is 3.93. The molecule has 0 aromatic heterocycles. The lowest BCUT2D eigenvalue weighted by Crippen LogP contribution is -2.36. The first-order valence-electron chi connectivity index (χ1n) is 4.87. The van der Waals surface area contributed by atoms with Crippen LogP contribution in [0.3, 0.4) is 0 Å². The monoisotopic (exact) mass is 216 g/mol. The van der Waals surface area contributed by atoms with Crippen molar-refractivity contribution < 1.29 is 0 Å². The molecular formula is C10H17Br. The fraction of sp³-hybridized carbons (Fsp3) is 1.00. The average molecular weight is 217 g/mol. The van der Waals surface area contributed by atoms with E-state index in [9.17, 15) is 0 Å². The molecule has 0 amide bonds. The van der Waals surface area contributed by atoms with Crippen LogP contribution in [0.15, 0.2) is 0 Å². The highest BCUT2D eigenvalue weighted by molar-refractivity contribution is 9.10. The molecule has 11 heavy (non-hydrogen) atoms. The van der Waals surface area contributed by atoms with E-state index in [1.165, 1.54) is 38.5 Å². The molecule has 0 N–H and O–H groups in total. The second-order valence-electron chi connectivity index (χ2n) is 4.66. The van der Waals surface area contributed by atoms with Gasteiger partial charge in [0.25, 0.3) is 0 Å². The normalized spacial score (nSPS) is 50.7. The first-order chi connectivity index (χ1) is 5.18. The zero-order valence-electron chi connectivity index (χ0n) is 7.28. The van der Waals surface area contributed by atoms with Gasteiger partial charge in [-0.3, -0.25) is 0 Å². The second kappa shape index (κ2) is 2.76. The molecule has 0 nitrogen and oxygen atoms in total. The van der Waals surface area contributed by atoms with Crippen LogP contribution in [0.4, 0.5) is 0 Å². The minimum atomic E-state index is 0.563. The van der Waals surface area contributed by atoms with Crippen molar-refractivity contribution in [3.63, 3.8) is 0 Å². The van der Waals surface area contributed by atoms with Crippen molar-refractivity contribution in [3.8, 4) is 0 Å². The van der Waals surface area contributed by atoms with Gasteiger partial charge in [-0.05, 0) is 37.5 Å². The second-order valence-corrected chi connectivity index (χ2v) is 6.34. The third-order valence-corrected chi connectivity index (χ3v) is 4.39. The van der Waals surface area contributed by atoms with E-state index in [1.807, 2.05) is 0 Å². The summed E-state index contributed by atoms with van der Waals surface area (Å²) in [6.07, 6.45) is 8.75. The van der Waals surface area contributed by atoms with E-state index in [-0.39, 0.29) is 0 Å². The minimum absolute atomic E-state index is 0.563. The number of alkyl halides is 1. The topological polar surface area (TPSA) is 0 Å². The summed E-state index contributed by atoms with van der Waals surface area (Å²) in [5, 5.41) is 0. The lowest BCUT2D eigenvalue weighted by molar-refractivity contribution is 0.175. The third-order valence-electron chi connectivity index (χ3n) is 3.34. The lowest BCUT2D eigenvalue weighted by atomic mass is 9.68. The van der Waals surface area contributed by atoms with E-state index in [2.05, 4.69) is 22.9 Å². The van der Waals surface area contributed by atoms with E-state index >= 15 is 0 Å². The van der Waals surface area contributed by atoms with Crippen LogP contribution in [-0.4, -0.2) is 4.32 Å². The zero-order chi connectivity index (χ0) is 7.90. The van der Waals surface area contributed by atoms with Crippen LogP contribution in [-0.2, 0) is 0 Å². The van der Waals surface area contributed by atoms with Gasteiger partial charge in [0.1, 0.15) is 0 Å². The van der Waals surface area contributed by atoms with Crippen LogP contribution in [0.2, 0.25) is 0 Å². The van der Waals surface area contributed by atoms with Crippen molar-refractivity contribution in [1.82, 2.24) is 0 Å². The number of hydrogen-bond donors (Lipinski definition) is 0. The van der Waals surface area contributed by atoms with E-state index < -0.39 is 0 Å². The van der Waals surface area contributed by atoms with Crippen LogP contribution < -0.4 is 0 Å². The number of hydrogen-bond acceptors (Lipinski definition) is 0. The number of rotatable bonds is 0. The Morgan fingerprint density at radius 2 is 2.18 bits per heavy atom. The molecule has 0 radical (unpaired) electrons. The van der Waals surface area contributed by atoms with Gasteiger partial charge in [-0.25, -0.2) is 0 Å². The molecule has 2 saturated carbocycles. The van der Waals surface area contributed by atoms with E-state index in [0.717, 1.165) is 11.8 Å². The molecule has 0 saturated heterocycles. The van der Waals surface area contributed by atoms with E-state index in [4.69, 9.17) is 0 Å². The molecule has 2 bridgehead atoms. The van der Waals surface area contributed by atoms with Crippen LogP contribution in [0.25, 0.3) is 0 Å². The molecule has 1 heteroatoms. The van der Waals surface area contributed by atoms with Crippen LogP contribution in [0, 0.1) is 11.8 Å². The maximum absolute atomic E-state index is 3.93. The summed E-state index contributed by atoms with van der Waals surface area (Å²) in [4.78, 5) is 0. The molecule has 2 rings (SSSR count). The van der Waals surface area contributed by atoms with Gasteiger partial charge in [0, 0.05) is 4.32 Å². The molecule has 2 aliphatic carbocycles. The lowest BCUT2D eigenvalue weighted by Gasteiger charge is -2.44. The first-order valence-corrected chi connectivity index (χ1v) is 5.66. The van der Waals surface area contributed by atoms with Gasteiger partial charge in [-0.1, -0.05) is 35.7 Å². The Morgan fingerprint density at radius 1 is 1.36 bits per heavy atom. The molecule has 2 fully saturated rings. The van der Waals surface area contributed by atoms with Crippen LogP contribution in [0.1, 0.15) is 45.4 Å². The zero-order valence-corrected chi connectivity index (χ0v) is 8.86. The summed E-state index contributed by atoms with van der Waals surface area (Å²) < 4.78 is 0.563. The Balaban J connectivity index is 2.09. The van der Waals surface area contributed by atoms with Crippen LogP contribution >= 0.6 is 15.9 Å². The largest absolute Gasteiger partial charge is 0.0853 e. The van der Waals surface area contributed by atoms with E-state index in [1.54, 1.807) is 0 Å². The molecule has 64 valence electrons. The molecule has 0 heterocycles. The highest BCUT2D eigenvalue weighted by Crippen LogP contribution is 2.49. The van der Waals surface area contributed by atoms with Crippen molar-refractivity contribution in [3.05, 3.63) is 0 Å². The van der Waals surface area contributed by atoms with Crippen molar-refractivity contribution in [1.29, 1.82) is 0 Å². The Hall–Kier alpha value is 0.480.